The molecule has 1 saturated heterocycles. The second kappa shape index (κ2) is 10.7. The lowest BCUT2D eigenvalue weighted by Crippen LogP contribution is -2.50. The van der Waals surface area contributed by atoms with Crippen LogP contribution in [-0.2, 0) is 0 Å². The van der Waals surface area contributed by atoms with Gasteiger partial charge in [-0.1, -0.05) is 35.9 Å². The van der Waals surface area contributed by atoms with Crippen LogP contribution >= 0.6 is 11.6 Å². The fourth-order valence-electron chi connectivity index (χ4n) is 3.48. The van der Waals surface area contributed by atoms with E-state index in [1.165, 1.54) is 11.1 Å². The first kappa shape index (κ1) is 21.7. The van der Waals surface area contributed by atoms with Gasteiger partial charge in [-0.05, 0) is 51.6 Å². The highest BCUT2D eigenvalue weighted by molar-refractivity contribution is 6.30. The highest BCUT2D eigenvalue weighted by Crippen LogP contribution is 2.20. The molecule has 2 rings (SSSR count). The summed E-state index contributed by atoms with van der Waals surface area (Å²) in [5.74, 6) is 0.870. The molecule has 0 spiro atoms. The zero-order valence-corrected chi connectivity index (χ0v) is 17.9. The molecule has 1 aliphatic rings. The highest BCUT2D eigenvalue weighted by Gasteiger charge is 2.20. The average molecular weight is 392 g/mol. The molecule has 27 heavy (non-hydrogen) atoms. The molecule has 1 aliphatic heterocycles. The monoisotopic (exact) mass is 391 g/mol. The minimum atomic E-state index is 0.248. The van der Waals surface area contributed by atoms with Gasteiger partial charge in [0.15, 0.2) is 5.96 Å². The second-order valence-electron chi connectivity index (χ2n) is 7.64. The molecule has 2 N–H and O–H groups in total. The largest absolute Gasteiger partial charge is 0.354 e. The summed E-state index contributed by atoms with van der Waals surface area (Å²) in [6, 6.07) is 8.77. The fourth-order valence-corrected chi connectivity index (χ4v) is 3.61. The van der Waals surface area contributed by atoms with Crippen molar-refractivity contribution in [1.29, 1.82) is 0 Å². The number of benzene rings is 1. The SMILES string of the molecule is C=C(C)CN1CCC(NC(=NC)NCC(c2ccc(Cl)cc2)N(C)C)CC1. The Morgan fingerprint density at radius 2 is 1.93 bits per heavy atom. The van der Waals surface area contributed by atoms with Crippen molar-refractivity contribution in [2.24, 2.45) is 4.99 Å². The van der Waals surface area contributed by atoms with Gasteiger partial charge >= 0.3 is 0 Å². The van der Waals surface area contributed by atoms with Crippen LogP contribution in [0.3, 0.4) is 0 Å². The molecule has 0 saturated carbocycles. The zero-order valence-electron chi connectivity index (χ0n) is 17.1. The summed E-state index contributed by atoms with van der Waals surface area (Å²) in [4.78, 5) is 9.10. The van der Waals surface area contributed by atoms with Gasteiger partial charge in [-0.2, -0.15) is 0 Å². The number of hydrogen-bond donors (Lipinski definition) is 2. The number of rotatable bonds is 7. The minimum absolute atomic E-state index is 0.248. The quantitative estimate of drug-likeness (QED) is 0.425. The van der Waals surface area contributed by atoms with E-state index in [1.807, 2.05) is 19.2 Å². The topological polar surface area (TPSA) is 42.9 Å². The summed E-state index contributed by atoms with van der Waals surface area (Å²) in [6.07, 6.45) is 2.25. The van der Waals surface area contributed by atoms with Crippen molar-refractivity contribution in [2.45, 2.75) is 31.8 Å². The molecule has 1 heterocycles. The summed E-state index contributed by atoms with van der Waals surface area (Å²) >= 11 is 6.03. The number of halogens is 1. The third-order valence-electron chi connectivity index (χ3n) is 4.99. The first-order valence-corrected chi connectivity index (χ1v) is 10.0. The number of likely N-dealkylation sites (N-methyl/N-ethyl adjacent to an activating group) is 1. The van der Waals surface area contributed by atoms with Crippen molar-refractivity contribution in [3.8, 4) is 0 Å². The van der Waals surface area contributed by atoms with E-state index < -0.39 is 0 Å². The highest BCUT2D eigenvalue weighted by atomic mass is 35.5. The van der Waals surface area contributed by atoms with E-state index in [2.05, 4.69) is 65.2 Å². The van der Waals surface area contributed by atoms with E-state index in [-0.39, 0.29) is 6.04 Å². The number of piperidine rings is 1. The minimum Gasteiger partial charge on any atom is -0.354 e. The molecule has 1 atom stereocenters. The van der Waals surface area contributed by atoms with Gasteiger partial charge < -0.3 is 15.5 Å². The maximum absolute atomic E-state index is 6.03. The number of hydrogen-bond acceptors (Lipinski definition) is 3. The van der Waals surface area contributed by atoms with Gasteiger partial charge in [0.05, 0.1) is 6.04 Å². The number of nitrogens with one attached hydrogen (secondary N) is 2. The third-order valence-corrected chi connectivity index (χ3v) is 5.24. The van der Waals surface area contributed by atoms with E-state index in [0.717, 1.165) is 50.0 Å². The molecule has 1 unspecified atom stereocenters. The van der Waals surface area contributed by atoms with E-state index in [4.69, 9.17) is 11.6 Å². The van der Waals surface area contributed by atoms with Crippen molar-refractivity contribution in [2.75, 3.05) is 47.3 Å². The molecule has 0 radical (unpaired) electrons. The number of nitrogens with zero attached hydrogens (tertiary/aromatic N) is 3. The molecule has 0 aliphatic carbocycles. The Kier molecular flexibility index (Phi) is 8.61. The Morgan fingerprint density at radius 1 is 1.30 bits per heavy atom. The van der Waals surface area contributed by atoms with Crippen LogP contribution in [0.1, 0.15) is 31.4 Å². The smallest absolute Gasteiger partial charge is 0.191 e. The fraction of sp³-hybridized carbons (Fsp3) is 0.571. The summed E-state index contributed by atoms with van der Waals surface area (Å²) < 4.78 is 0. The normalized spacial score (nSPS) is 17.8. The van der Waals surface area contributed by atoms with Crippen LogP contribution in [0.4, 0.5) is 0 Å². The van der Waals surface area contributed by atoms with Crippen molar-refractivity contribution in [3.63, 3.8) is 0 Å². The summed E-state index contributed by atoms with van der Waals surface area (Å²) in [5, 5.41) is 7.84. The first-order valence-electron chi connectivity index (χ1n) is 9.65. The second-order valence-corrected chi connectivity index (χ2v) is 8.07. The van der Waals surface area contributed by atoms with E-state index in [9.17, 15) is 0 Å². The number of aliphatic imine (C=N–C) groups is 1. The van der Waals surface area contributed by atoms with E-state index in [0.29, 0.717) is 6.04 Å². The first-order chi connectivity index (χ1) is 12.9. The summed E-state index contributed by atoms with van der Waals surface area (Å²) in [7, 11) is 6.02. The Morgan fingerprint density at radius 3 is 2.44 bits per heavy atom. The molecule has 1 fully saturated rings. The van der Waals surface area contributed by atoms with Gasteiger partial charge in [0.2, 0.25) is 0 Å². The van der Waals surface area contributed by atoms with Crippen molar-refractivity contribution < 1.29 is 0 Å². The number of guanidine groups is 1. The van der Waals surface area contributed by atoms with Gasteiger partial charge in [-0.15, -0.1) is 0 Å². The maximum atomic E-state index is 6.03. The summed E-state index contributed by atoms with van der Waals surface area (Å²) in [5.41, 5.74) is 2.47. The third kappa shape index (κ3) is 7.17. The molecular weight excluding hydrogens is 358 g/mol. The lowest BCUT2D eigenvalue weighted by atomic mass is 10.0. The predicted molar refractivity (Wildman–Crippen MR) is 117 cm³/mol. The van der Waals surface area contributed by atoms with Crippen LogP contribution in [-0.4, -0.2) is 69.1 Å². The van der Waals surface area contributed by atoms with Crippen molar-refractivity contribution in [3.05, 3.63) is 47.0 Å². The van der Waals surface area contributed by atoms with Gasteiger partial charge in [-0.25, -0.2) is 0 Å². The van der Waals surface area contributed by atoms with Crippen LogP contribution in [0.2, 0.25) is 5.02 Å². The van der Waals surface area contributed by atoms with Gasteiger partial charge in [0.1, 0.15) is 0 Å². The van der Waals surface area contributed by atoms with Crippen LogP contribution in [0.5, 0.6) is 0 Å². The maximum Gasteiger partial charge on any atom is 0.191 e. The molecular formula is C21H34ClN5. The zero-order chi connectivity index (χ0) is 19.8. The van der Waals surface area contributed by atoms with Crippen LogP contribution in [0, 0.1) is 0 Å². The van der Waals surface area contributed by atoms with Crippen LogP contribution < -0.4 is 10.6 Å². The van der Waals surface area contributed by atoms with Gasteiger partial charge in [0, 0.05) is 44.3 Å². The Hall–Kier alpha value is -1.56. The lowest BCUT2D eigenvalue weighted by Gasteiger charge is -2.33. The van der Waals surface area contributed by atoms with Crippen LogP contribution in [0.15, 0.2) is 41.4 Å². The molecule has 5 nitrogen and oxygen atoms in total. The van der Waals surface area contributed by atoms with Gasteiger partial charge in [0.25, 0.3) is 0 Å². The van der Waals surface area contributed by atoms with Crippen molar-refractivity contribution in [1.82, 2.24) is 20.4 Å². The molecule has 6 heteroatoms. The molecule has 1 aromatic rings. The molecule has 150 valence electrons. The average Bonchev–Trinajstić information content (AvgIpc) is 2.63. The van der Waals surface area contributed by atoms with Crippen LogP contribution in [0.25, 0.3) is 0 Å². The predicted octanol–water partition coefficient (Wildman–Crippen LogP) is 3.15. The standard InChI is InChI=1S/C21H34ClN5/c1-16(2)15-27-12-10-19(11-13-27)25-21(23-3)24-14-20(26(4)5)17-6-8-18(22)9-7-17/h6-9,19-20H,1,10-15H2,2-5H3,(H2,23,24,25). The van der Waals surface area contributed by atoms with Gasteiger partial charge in [-0.3, -0.25) is 9.89 Å². The molecule has 0 amide bonds. The Balaban J connectivity index is 1.85. The lowest BCUT2D eigenvalue weighted by molar-refractivity contribution is 0.220. The molecule has 0 aromatic heterocycles. The van der Waals surface area contributed by atoms with E-state index in [1.54, 1.807) is 0 Å². The summed E-state index contributed by atoms with van der Waals surface area (Å²) in [6.45, 7) is 10.1. The number of likely N-dealkylation sites (tertiary alicyclic amines) is 1. The molecule has 0 bridgehead atoms. The van der Waals surface area contributed by atoms with Crippen molar-refractivity contribution >= 4 is 17.6 Å². The Labute approximate surface area is 169 Å². The Bertz CT molecular complexity index is 618. The van der Waals surface area contributed by atoms with E-state index >= 15 is 0 Å². The molecule has 1 aromatic carbocycles.